The third-order valence-corrected chi connectivity index (χ3v) is 4.81. The summed E-state index contributed by atoms with van der Waals surface area (Å²) in [5, 5.41) is 12.4. The minimum absolute atomic E-state index is 0.0959. The number of aliphatic hydroxyl groups excluding tert-OH is 1. The Balaban J connectivity index is 1.99. The molecule has 0 bridgehead atoms. The Labute approximate surface area is 158 Å². The van der Waals surface area contributed by atoms with Crippen molar-refractivity contribution in [1.29, 1.82) is 0 Å². The first-order valence-corrected chi connectivity index (χ1v) is 9.10. The number of fused-ring (bicyclic) bond motifs is 1. The highest BCUT2D eigenvalue weighted by Crippen LogP contribution is 2.39. The van der Waals surface area contributed by atoms with Crippen LogP contribution in [-0.4, -0.2) is 48.8 Å². The number of carbonyl (C=O) groups is 1. The van der Waals surface area contributed by atoms with Crippen LogP contribution in [-0.2, 0) is 11.2 Å². The van der Waals surface area contributed by atoms with Crippen LogP contribution in [0.1, 0.15) is 29.7 Å². The lowest BCUT2D eigenvalue weighted by Crippen LogP contribution is -2.45. The second-order valence-electron chi connectivity index (χ2n) is 6.80. The lowest BCUT2D eigenvalue weighted by molar-refractivity contribution is -0.132. The number of aliphatic hydroxyl groups is 1. The number of methoxy groups -OCH3 is 1. The fourth-order valence-electron chi connectivity index (χ4n) is 3.58. The van der Waals surface area contributed by atoms with Crippen LogP contribution in [0.4, 0.5) is 4.39 Å². The van der Waals surface area contributed by atoms with E-state index in [-0.39, 0.29) is 18.3 Å². The van der Waals surface area contributed by atoms with E-state index in [9.17, 15) is 14.3 Å². The van der Waals surface area contributed by atoms with Crippen molar-refractivity contribution in [2.24, 2.45) is 0 Å². The zero-order valence-electron chi connectivity index (χ0n) is 15.6. The molecule has 0 saturated heterocycles. The van der Waals surface area contributed by atoms with Crippen molar-refractivity contribution >= 4 is 5.91 Å². The van der Waals surface area contributed by atoms with E-state index >= 15 is 0 Å². The second kappa shape index (κ2) is 8.50. The number of benzene rings is 2. The van der Waals surface area contributed by atoms with Crippen LogP contribution in [0, 0.1) is 5.82 Å². The van der Waals surface area contributed by atoms with Gasteiger partial charge in [0.15, 0.2) is 0 Å². The molecule has 0 aliphatic carbocycles. The van der Waals surface area contributed by atoms with Gasteiger partial charge in [-0.2, -0.15) is 0 Å². The lowest BCUT2D eigenvalue weighted by Gasteiger charge is -2.38. The number of amides is 1. The molecule has 1 aliphatic rings. The maximum absolute atomic E-state index is 14.0. The summed E-state index contributed by atoms with van der Waals surface area (Å²) in [5.41, 5.74) is 2.76. The molecule has 2 N–H and O–H groups in total. The minimum Gasteiger partial charge on any atom is -0.496 e. The summed E-state index contributed by atoms with van der Waals surface area (Å²) in [6.07, 6.45) is 0.214. The predicted molar refractivity (Wildman–Crippen MR) is 101 cm³/mol. The van der Waals surface area contributed by atoms with Gasteiger partial charge in [-0.1, -0.05) is 24.3 Å². The van der Waals surface area contributed by atoms with Gasteiger partial charge in [0, 0.05) is 18.7 Å². The maximum atomic E-state index is 14.0. The molecule has 2 aromatic carbocycles. The fraction of sp³-hybridized carbons (Fsp3) is 0.381. The van der Waals surface area contributed by atoms with Crippen molar-refractivity contribution < 1.29 is 19.0 Å². The van der Waals surface area contributed by atoms with Gasteiger partial charge in [0.2, 0.25) is 5.91 Å². The predicted octanol–water partition coefficient (Wildman–Crippen LogP) is 2.28. The van der Waals surface area contributed by atoms with Gasteiger partial charge in [-0.05, 0) is 42.7 Å². The molecule has 0 spiro atoms. The van der Waals surface area contributed by atoms with Crippen LogP contribution in [0.2, 0.25) is 0 Å². The summed E-state index contributed by atoms with van der Waals surface area (Å²) < 4.78 is 19.5. The molecule has 1 heterocycles. The van der Waals surface area contributed by atoms with E-state index in [1.165, 1.54) is 12.1 Å². The van der Waals surface area contributed by atoms with Crippen LogP contribution < -0.4 is 10.1 Å². The van der Waals surface area contributed by atoms with Crippen LogP contribution >= 0.6 is 0 Å². The molecule has 1 unspecified atom stereocenters. The van der Waals surface area contributed by atoms with Gasteiger partial charge in [-0.25, -0.2) is 4.39 Å². The van der Waals surface area contributed by atoms with Gasteiger partial charge < -0.3 is 20.1 Å². The summed E-state index contributed by atoms with van der Waals surface area (Å²) in [7, 11) is 1.54. The Bertz CT molecular complexity index is 810. The fourth-order valence-corrected chi connectivity index (χ4v) is 3.58. The zero-order chi connectivity index (χ0) is 19.4. The van der Waals surface area contributed by atoms with Crippen LogP contribution in [0.15, 0.2) is 42.5 Å². The number of carbonyl (C=O) groups excluding carboxylic acids is 1. The molecule has 1 amide bonds. The number of halogens is 1. The number of nitrogens with zero attached hydrogens (tertiary/aromatic N) is 1. The monoisotopic (exact) mass is 372 g/mol. The highest BCUT2D eigenvalue weighted by Gasteiger charge is 2.33. The van der Waals surface area contributed by atoms with Crippen LogP contribution in [0.5, 0.6) is 5.75 Å². The molecule has 27 heavy (non-hydrogen) atoms. The van der Waals surface area contributed by atoms with Gasteiger partial charge in [0.1, 0.15) is 11.6 Å². The van der Waals surface area contributed by atoms with Crippen molar-refractivity contribution in [2.75, 3.05) is 26.7 Å². The van der Waals surface area contributed by atoms with Crippen LogP contribution in [0.25, 0.3) is 0 Å². The average molecular weight is 372 g/mol. The first-order valence-electron chi connectivity index (χ1n) is 9.10. The quantitative estimate of drug-likeness (QED) is 0.817. The molecular formula is C21H25FN2O3. The van der Waals surface area contributed by atoms with E-state index in [1.807, 2.05) is 24.3 Å². The number of hydrogen-bond acceptors (Lipinski definition) is 4. The number of hydrogen-bond donors (Lipinski definition) is 2. The molecule has 2 atom stereocenters. The standard InChI is InChI=1S/C21H25FN2O3/c1-14(25)12-23-13-20(26)24-10-9-15-5-3-4-6-17(15)21(24)18-11-16(22)7-8-19(18)27-2/h3-8,11,14,21,23,25H,9-10,12-13H2,1-2H3/t14-,21?/m1/s1. The molecule has 2 aromatic rings. The first kappa shape index (κ1) is 19.3. The summed E-state index contributed by atoms with van der Waals surface area (Å²) in [6, 6.07) is 11.9. The number of rotatable bonds is 6. The van der Waals surface area contributed by atoms with E-state index < -0.39 is 12.1 Å². The lowest BCUT2D eigenvalue weighted by atomic mass is 9.87. The Morgan fingerprint density at radius 2 is 2.11 bits per heavy atom. The summed E-state index contributed by atoms with van der Waals surface area (Å²) in [6.45, 7) is 2.65. The van der Waals surface area contributed by atoms with Gasteiger partial charge in [-0.3, -0.25) is 4.79 Å². The highest BCUT2D eigenvalue weighted by molar-refractivity contribution is 5.80. The molecule has 0 radical (unpaired) electrons. The highest BCUT2D eigenvalue weighted by atomic mass is 19.1. The van der Waals surface area contributed by atoms with E-state index in [4.69, 9.17) is 4.74 Å². The van der Waals surface area contributed by atoms with Gasteiger partial charge in [0.25, 0.3) is 0 Å². The summed E-state index contributed by atoms with van der Waals surface area (Å²) >= 11 is 0. The first-order chi connectivity index (χ1) is 13.0. The van der Waals surface area contributed by atoms with E-state index in [2.05, 4.69) is 5.32 Å². The molecule has 6 heteroatoms. The van der Waals surface area contributed by atoms with E-state index in [0.29, 0.717) is 24.4 Å². The summed E-state index contributed by atoms with van der Waals surface area (Å²) in [5.74, 6) is 0.0859. The third kappa shape index (κ3) is 4.28. The van der Waals surface area contributed by atoms with Crippen molar-refractivity contribution in [3.63, 3.8) is 0 Å². The van der Waals surface area contributed by atoms with Crippen molar-refractivity contribution in [3.05, 3.63) is 65.0 Å². The van der Waals surface area contributed by atoms with Gasteiger partial charge in [0.05, 0.1) is 25.8 Å². The smallest absolute Gasteiger partial charge is 0.237 e. The third-order valence-electron chi connectivity index (χ3n) is 4.81. The zero-order valence-corrected chi connectivity index (χ0v) is 15.6. The maximum Gasteiger partial charge on any atom is 0.237 e. The Morgan fingerprint density at radius 1 is 1.33 bits per heavy atom. The molecule has 0 aromatic heterocycles. The van der Waals surface area contributed by atoms with Crippen LogP contribution in [0.3, 0.4) is 0 Å². The average Bonchev–Trinajstić information content (AvgIpc) is 2.66. The normalized spacial score (nSPS) is 17.3. The molecule has 5 nitrogen and oxygen atoms in total. The topological polar surface area (TPSA) is 61.8 Å². The molecule has 0 fully saturated rings. The SMILES string of the molecule is COc1ccc(F)cc1C1c2ccccc2CCN1C(=O)CNC[C@@H](C)O. The summed E-state index contributed by atoms with van der Waals surface area (Å²) in [4.78, 5) is 14.7. The molecule has 144 valence electrons. The molecule has 3 rings (SSSR count). The van der Waals surface area contributed by atoms with Gasteiger partial charge in [-0.15, -0.1) is 0 Å². The Kier molecular flexibility index (Phi) is 6.08. The van der Waals surface area contributed by atoms with Gasteiger partial charge >= 0.3 is 0 Å². The largest absolute Gasteiger partial charge is 0.496 e. The molecule has 0 saturated carbocycles. The van der Waals surface area contributed by atoms with E-state index in [0.717, 1.165) is 17.5 Å². The van der Waals surface area contributed by atoms with Crippen molar-refractivity contribution in [1.82, 2.24) is 10.2 Å². The van der Waals surface area contributed by atoms with E-state index in [1.54, 1.807) is 25.0 Å². The minimum atomic E-state index is -0.529. The number of ether oxygens (including phenoxy) is 1. The van der Waals surface area contributed by atoms with Crippen molar-refractivity contribution in [3.8, 4) is 5.75 Å². The Hall–Kier alpha value is -2.44. The molecule has 1 aliphatic heterocycles. The molecular weight excluding hydrogens is 347 g/mol. The number of nitrogens with one attached hydrogen (secondary N) is 1. The van der Waals surface area contributed by atoms with Crippen molar-refractivity contribution in [2.45, 2.75) is 25.5 Å². The Morgan fingerprint density at radius 3 is 2.85 bits per heavy atom. The second-order valence-corrected chi connectivity index (χ2v) is 6.80.